The number of nitrogens with zero attached hydrogens (tertiary/aromatic N) is 2. The molecule has 122 valence electrons. The van der Waals surface area contributed by atoms with Crippen LogP contribution in [0.4, 0.5) is 0 Å². The third-order valence-electron chi connectivity index (χ3n) is 3.42. The molecule has 0 fully saturated rings. The van der Waals surface area contributed by atoms with E-state index in [-0.39, 0.29) is 12.2 Å². The first-order valence-corrected chi connectivity index (χ1v) is 8.42. The van der Waals surface area contributed by atoms with Gasteiger partial charge in [-0.25, -0.2) is 4.98 Å². The summed E-state index contributed by atoms with van der Waals surface area (Å²) >= 11 is 7.42. The maximum atomic E-state index is 12.1. The monoisotopic (exact) mass is 359 g/mol. The molecule has 2 heterocycles. The number of hydrogen-bond acceptors (Lipinski definition) is 4. The highest BCUT2D eigenvalue weighted by atomic mass is 35.5. The lowest BCUT2D eigenvalue weighted by Crippen LogP contribution is -2.38. The number of rotatable bonds is 4. The van der Waals surface area contributed by atoms with Crippen molar-refractivity contribution in [1.82, 2.24) is 10.3 Å². The first-order chi connectivity index (χ1) is 11.5. The Balaban J connectivity index is 1.73. The van der Waals surface area contributed by atoms with Crippen LogP contribution in [0.2, 0.25) is 5.02 Å². The maximum Gasteiger partial charge on any atom is 0.317 e. The van der Waals surface area contributed by atoms with E-state index >= 15 is 0 Å². The molecule has 3 rings (SSSR count). The second-order valence-corrected chi connectivity index (χ2v) is 6.84. The van der Waals surface area contributed by atoms with E-state index in [1.165, 1.54) is 23.6 Å². The molecular weight excluding hydrogens is 346 g/mol. The van der Waals surface area contributed by atoms with Crippen molar-refractivity contribution in [2.45, 2.75) is 13.5 Å². The second kappa shape index (κ2) is 6.98. The van der Waals surface area contributed by atoms with Crippen molar-refractivity contribution in [3.05, 3.63) is 74.5 Å². The number of amides is 1. The summed E-state index contributed by atoms with van der Waals surface area (Å²) in [7, 11) is 0. The van der Waals surface area contributed by atoms with Gasteiger partial charge in [-0.15, -0.1) is 11.3 Å². The molecule has 0 saturated heterocycles. The number of aromatic nitrogens is 2. The topological polar surface area (TPSA) is 68.9 Å². The van der Waals surface area contributed by atoms with Crippen LogP contribution in [0.15, 0.2) is 48.7 Å². The number of thiazole rings is 1. The summed E-state index contributed by atoms with van der Waals surface area (Å²) in [6.07, 6.45) is 1.29. The normalized spacial score (nSPS) is 10.6. The number of benzene rings is 1. The van der Waals surface area contributed by atoms with E-state index in [2.05, 4.69) is 10.3 Å². The Labute approximate surface area is 148 Å². The molecule has 0 radical (unpaired) electrons. The summed E-state index contributed by atoms with van der Waals surface area (Å²) in [5, 5.41) is 15.7. The number of halogens is 1. The Morgan fingerprint density at radius 3 is 2.75 bits per heavy atom. The van der Waals surface area contributed by atoms with Gasteiger partial charge in [-0.2, -0.15) is 4.73 Å². The van der Waals surface area contributed by atoms with Crippen LogP contribution in [0.5, 0.6) is 0 Å². The Kier molecular flexibility index (Phi) is 4.78. The number of carbonyl (C=O) groups excluding carboxylic acids is 1. The summed E-state index contributed by atoms with van der Waals surface area (Å²) in [5.74, 6) is -0.425. The third-order valence-corrected chi connectivity index (χ3v) is 4.64. The van der Waals surface area contributed by atoms with E-state index in [1.54, 1.807) is 12.1 Å². The predicted molar refractivity (Wildman–Crippen MR) is 93.9 cm³/mol. The lowest BCUT2D eigenvalue weighted by Gasteiger charge is -2.04. The molecule has 2 aromatic heterocycles. The van der Waals surface area contributed by atoms with Crippen molar-refractivity contribution in [2.75, 3.05) is 0 Å². The predicted octanol–water partition coefficient (Wildman–Crippen LogP) is 3.34. The molecule has 0 spiro atoms. The molecule has 0 unspecified atom stereocenters. The summed E-state index contributed by atoms with van der Waals surface area (Å²) < 4.78 is 0.543. The fourth-order valence-corrected chi connectivity index (χ4v) is 3.27. The Hall–Kier alpha value is -2.44. The van der Waals surface area contributed by atoms with E-state index in [9.17, 15) is 10.0 Å². The van der Waals surface area contributed by atoms with Crippen LogP contribution in [0, 0.1) is 12.1 Å². The standard InChI is InChI=1S/C17H14ClN3O2S/c1-11-16(12-5-7-13(18)8-6-12)20-15(24-11)10-19-17(22)14-4-2-3-9-21(14)23/h2-9H,10H2,1H3,(H,19,22). The Morgan fingerprint density at radius 1 is 1.29 bits per heavy atom. The van der Waals surface area contributed by atoms with Gasteiger partial charge in [0, 0.05) is 27.6 Å². The summed E-state index contributed by atoms with van der Waals surface area (Å²) in [4.78, 5) is 17.7. The molecule has 1 N–H and O–H groups in total. The van der Waals surface area contributed by atoms with Crippen LogP contribution in [0.3, 0.4) is 0 Å². The zero-order valence-electron chi connectivity index (χ0n) is 12.8. The SMILES string of the molecule is Cc1sc(CNC(=O)c2cccc[n+]2[O-])nc1-c1ccc(Cl)cc1. The van der Waals surface area contributed by atoms with Gasteiger partial charge in [0.05, 0.1) is 12.2 Å². The Morgan fingerprint density at radius 2 is 2.04 bits per heavy atom. The van der Waals surface area contributed by atoms with Gasteiger partial charge in [-0.3, -0.25) is 4.79 Å². The minimum absolute atomic E-state index is 0.0590. The molecule has 1 amide bonds. The highest BCUT2D eigenvalue weighted by molar-refractivity contribution is 7.12. The van der Waals surface area contributed by atoms with Crippen molar-refractivity contribution in [3.8, 4) is 11.3 Å². The summed E-state index contributed by atoms with van der Waals surface area (Å²) in [6.45, 7) is 2.25. The highest BCUT2D eigenvalue weighted by Crippen LogP contribution is 2.28. The number of nitrogens with one attached hydrogen (secondary N) is 1. The van der Waals surface area contributed by atoms with Crippen molar-refractivity contribution in [2.24, 2.45) is 0 Å². The van der Waals surface area contributed by atoms with Crippen LogP contribution < -0.4 is 10.0 Å². The average Bonchev–Trinajstić information content (AvgIpc) is 2.95. The van der Waals surface area contributed by atoms with Gasteiger partial charge in [0.2, 0.25) is 0 Å². The van der Waals surface area contributed by atoms with E-state index in [0.717, 1.165) is 21.1 Å². The minimum Gasteiger partial charge on any atom is -0.618 e. The molecular formula is C17H14ClN3O2S. The largest absolute Gasteiger partial charge is 0.618 e. The molecule has 0 saturated carbocycles. The molecule has 24 heavy (non-hydrogen) atoms. The number of pyridine rings is 1. The molecule has 0 bridgehead atoms. The molecule has 0 aliphatic heterocycles. The van der Waals surface area contributed by atoms with Crippen LogP contribution >= 0.6 is 22.9 Å². The van der Waals surface area contributed by atoms with Crippen molar-refractivity contribution in [3.63, 3.8) is 0 Å². The quantitative estimate of drug-likeness (QED) is 0.573. The maximum absolute atomic E-state index is 12.1. The third kappa shape index (κ3) is 3.55. The van der Waals surface area contributed by atoms with Crippen molar-refractivity contribution >= 4 is 28.8 Å². The summed E-state index contributed by atoms with van der Waals surface area (Å²) in [5.41, 5.74) is 1.91. The first kappa shape index (κ1) is 16.4. The fraction of sp³-hybridized carbons (Fsp3) is 0.118. The number of carbonyl (C=O) groups is 1. The van der Waals surface area contributed by atoms with Gasteiger partial charge in [0.15, 0.2) is 6.20 Å². The van der Waals surface area contributed by atoms with E-state index in [4.69, 9.17) is 11.6 Å². The summed E-state index contributed by atoms with van der Waals surface area (Å²) in [6, 6.07) is 12.2. The van der Waals surface area contributed by atoms with Gasteiger partial charge in [0.1, 0.15) is 5.01 Å². The zero-order chi connectivity index (χ0) is 17.1. The fourth-order valence-electron chi connectivity index (χ4n) is 2.25. The lowest BCUT2D eigenvalue weighted by molar-refractivity contribution is -0.607. The van der Waals surface area contributed by atoms with Gasteiger partial charge >= 0.3 is 5.91 Å². The van der Waals surface area contributed by atoms with E-state index in [0.29, 0.717) is 9.75 Å². The minimum atomic E-state index is -0.425. The van der Waals surface area contributed by atoms with Crippen LogP contribution in [0.25, 0.3) is 11.3 Å². The Bertz CT molecular complexity index is 878. The van der Waals surface area contributed by atoms with Crippen molar-refractivity contribution in [1.29, 1.82) is 0 Å². The van der Waals surface area contributed by atoms with Gasteiger partial charge < -0.3 is 10.5 Å². The van der Waals surface area contributed by atoms with E-state index < -0.39 is 5.91 Å². The van der Waals surface area contributed by atoms with Crippen LogP contribution in [-0.2, 0) is 6.54 Å². The number of hydrogen-bond donors (Lipinski definition) is 1. The second-order valence-electron chi connectivity index (χ2n) is 5.11. The smallest absolute Gasteiger partial charge is 0.317 e. The molecule has 3 aromatic rings. The van der Waals surface area contributed by atoms with Gasteiger partial charge in [0.25, 0.3) is 5.69 Å². The zero-order valence-corrected chi connectivity index (χ0v) is 14.4. The molecule has 0 aliphatic carbocycles. The average molecular weight is 360 g/mol. The lowest BCUT2D eigenvalue weighted by atomic mass is 10.1. The molecule has 0 atom stereocenters. The first-order valence-electron chi connectivity index (χ1n) is 7.23. The molecule has 0 aliphatic rings. The van der Waals surface area contributed by atoms with Gasteiger partial charge in [-0.1, -0.05) is 23.7 Å². The number of aryl methyl sites for hydroxylation is 1. The van der Waals surface area contributed by atoms with Crippen LogP contribution in [-0.4, -0.2) is 10.9 Å². The van der Waals surface area contributed by atoms with Gasteiger partial charge in [-0.05, 0) is 25.1 Å². The molecule has 1 aromatic carbocycles. The van der Waals surface area contributed by atoms with E-state index in [1.807, 2.05) is 31.2 Å². The molecule has 5 nitrogen and oxygen atoms in total. The molecule has 7 heteroatoms. The van der Waals surface area contributed by atoms with Crippen molar-refractivity contribution < 1.29 is 9.52 Å². The van der Waals surface area contributed by atoms with Crippen LogP contribution in [0.1, 0.15) is 20.4 Å². The highest BCUT2D eigenvalue weighted by Gasteiger charge is 2.16.